The van der Waals surface area contributed by atoms with E-state index in [0.717, 1.165) is 12.0 Å². The molecule has 1 N–H and O–H groups in total. The zero-order chi connectivity index (χ0) is 13.1. The van der Waals surface area contributed by atoms with E-state index in [1.807, 2.05) is 16.1 Å². The summed E-state index contributed by atoms with van der Waals surface area (Å²) in [7, 11) is 0. The molecule has 0 fully saturated rings. The number of aromatic nitrogens is 1. The van der Waals surface area contributed by atoms with Crippen molar-refractivity contribution in [1.29, 1.82) is 0 Å². The molecule has 0 atom stereocenters. The Kier molecular flexibility index (Phi) is 3.87. The van der Waals surface area contributed by atoms with Crippen molar-refractivity contribution in [3.63, 3.8) is 0 Å². The Morgan fingerprint density at radius 1 is 1.50 bits per heavy atom. The van der Waals surface area contributed by atoms with Crippen LogP contribution in [0.1, 0.15) is 41.4 Å². The lowest BCUT2D eigenvalue weighted by atomic mass is 10.1. The molecule has 0 unspecified atom stereocenters. The third kappa shape index (κ3) is 2.82. The fraction of sp³-hybridized carbons (Fsp3) is 0.357. The minimum absolute atomic E-state index is 0.352. The van der Waals surface area contributed by atoms with Gasteiger partial charge < -0.3 is 9.67 Å². The monoisotopic (exact) mass is 263 g/mol. The Balaban J connectivity index is 2.17. The van der Waals surface area contributed by atoms with Gasteiger partial charge in [-0.05, 0) is 46.4 Å². The van der Waals surface area contributed by atoms with Crippen molar-refractivity contribution in [3.8, 4) is 0 Å². The number of aromatic carboxylic acids is 1. The normalized spacial score (nSPS) is 11.1. The SMILES string of the molecule is CC(C)c1cc(C(=O)O)n(CCc2ccsc2)c1. The van der Waals surface area contributed by atoms with Crippen LogP contribution in [-0.2, 0) is 13.0 Å². The minimum Gasteiger partial charge on any atom is -0.477 e. The molecule has 18 heavy (non-hydrogen) atoms. The van der Waals surface area contributed by atoms with E-state index in [-0.39, 0.29) is 0 Å². The van der Waals surface area contributed by atoms with Gasteiger partial charge in [0.15, 0.2) is 0 Å². The van der Waals surface area contributed by atoms with E-state index < -0.39 is 5.97 Å². The summed E-state index contributed by atoms with van der Waals surface area (Å²) in [6.45, 7) is 4.86. The molecule has 0 aliphatic heterocycles. The van der Waals surface area contributed by atoms with Gasteiger partial charge in [0.1, 0.15) is 5.69 Å². The van der Waals surface area contributed by atoms with Gasteiger partial charge in [-0.1, -0.05) is 13.8 Å². The molecule has 4 heteroatoms. The van der Waals surface area contributed by atoms with Crippen LogP contribution in [0.5, 0.6) is 0 Å². The van der Waals surface area contributed by atoms with Crippen LogP contribution >= 0.6 is 11.3 Å². The predicted octanol–water partition coefficient (Wildman–Crippen LogP) is 3.61. The van der Waals surface area contributed by atoms with Crippen LogP contribution in [0.4, 0.5) is 0 Å². The molecular weight excluding hydrogens is 246 g/mol. The van der Waals surface area contributed by atoms with Crippen LogP contribution in [0.2, 0.25) is 0 Å². The molecule has 0 aliphatic rings. The van der Waals surface area contributed by atoms with Gasteiger partial charge in [0.05, 0.1) is 0 Å². The molecular formula is C14H17NO2S. The topological polar surface area (TPSA) is 42.2 Å². The van der Waals surface area contributed by atoms with E-state index in [9.17, 15) is 9.90 Å². The first-order valence-corrected chi connectivity index (χ1v) is 6.96. The third-order valence-corrected chi connectivity index (χ3v) is 3.76. The fourth-order valence-electron chi connectivity index (χ4n) is 1.90. The summed E-state index contributed by atoms with van der Waals surface area (Å²) in [6.07, 6.45) is 2.83. The summed E-state index contributed by atoms with van der Waals surface area (Å²) in [5.74, 6) is -0.502. The van der Waals surface area contributed by atoms with Gasteiger partial charge in [-0.25, -0.2) is 4.79 Å². The predicted molar refractivity (Wildman–Crippen MR) is 73.5 cm³/mol. The van der Waals surface area contributed by atoms with E-state index in [0.29, 0.717) is 18.2 Å². The van der Waals surface area contributed by atoms with Crippen molar-refractivity contribution in [2.75, 3.05) is 0 Å². The lowest BCUT2D eigenvalue weighted by Gasteiger charge is -2.05. The number of carboxylic acid groups (broad SMARTS) is 1. The lowest BCUT2D eigenvalue weighted by molar-refractivity contribution is 0.0685. The summed E-state index contributed by atoms with van der Waals surface area (Å²) in [5, 5.41) is 13.3. The first-order chi connectivity index (χ1) is 8.58. The highest BCUT2D eigenvalue weighted by Crippen LogP contribution is 2.19. The maximum atomic E-state index is 11.2. The van der Waals surface area contributed by atoms with Gasteiger partial charge in [-0.15, -0.1) is 0 Å². The average Bonchev–Trinajstić information content (AvgIpc) is 2.95. The largest absolute Gasteiger partial charge is 0.477 e. The molecule has 0 amide bonds. The van der Waals surface area contributed by atoms with E-state index in [1.54, 1.807) is 17.4 Å². The zero-order valence-corrected chi connectivity index (χ0v) is 11.4. The smallest absolute Gasteiger partial charge is 0.352 e. The number of aryl methyl sites for hydroxylation is 2. The van der Waals surface area contributed by atoms with E-state index in [2.05, 4.69) is 25.3 Å². The van der Waals surface area contributed by atoms with Crippen molar-refractivity contribution >= 4 is 17.3 Å². The van der Waals surface area contributed by atoms with Crippen LogP contribution in [-0.4, -0.2) is 15.6 Å². The van der Waals surface area contributed by atoms with Crippen molar-refractivity contribution in [3.05, 3.63) is 45.9 Å². The van der Waals surface area contributed by atoms with E-state index in [1.165, 1.54) is 5.56 Å². The molecule has 0 aliphatic carbocycles. The molecule has 2 aromatic rings. The van der Waals surface area contributed by atoms with E-state index in [4.69, 9.17) is 0 Å². The Morgan fingerprint density at radius 3 is 2.83 bits per heavy atom. The minimum atomic E-state index is -0.854. The van der Waals surface area contributed by atoms with Gasteiger partial charge >= 0.3 is 5.97 Å². The van der Waals surface area contributed by atoms with Crippen LogP contribution in [0.3, 0.4) is 0 Å². The Morgan fingerprint density at radius 2 is 2.28 bits per heavy atom. The molecule has 2 heterocycles. The van der Waals surface area contributed by atoms with Crippen LogP contribution in [0, 0.1) is 0 Å². The molecule has 2 aromatic heterocycles. The van der Waals surface area contributed by atoms with Crippen LogP contribution in [0.15, 0.2) is 29.1 Å². The highest BCUT2D eigenvalue weighted by atomic mass is 32.1. The maximum absolute atomic E-state index is 11.2. The fourth-order valence-corrected chi connectivity index (χ4v) is 2.60. The number of nitrogens with zero attached hydrogens (tertiary/aromatic N) is 1. The quantitative estimate of drug-likeness (QED) is 0.895. The molecule has 0 radical (unpaired) electrons. The summed E-state index contributed by atoms with van der Waals surface area (Å²) in [5.41, 5.74) is 2.72. The molecule has 96 valence electrons. The van der Waals surface area contributed by atoms with Crippen LogP contribution in [0.25, 0.3) is 0 Å². The van der Waals surface area contributed by atoms with Gasteiger partial charge in [0, 0.05) is 12.7 Å². The molecule has 2 rings (SSSR count). The van der Waals surface area contributed by atoms with Crippen molar-refractivity contribution in [1.82, 2.24) is 4.57 Å². The summed E-state index contributed by atoms with van der Waals surface area (Å²) in [4.78, 5) is 11.2. The second-order valence-electron chi connectivity index (χ2n) is 4.69. The Labute approximate surface area is 111 Å². The van der Waals surface area contributed by atoms with Crippen molar-refractivity contribution in [2.45, 2.75) is 32.7 Å². The van der Waals surface area contributed by atoms with Crippen molar-refractivity contribution in [2.24, 2.45) is 0 Å². The molecule has 0 saturated carbocycles. The number of rotatable bonds is 5. The van der Waals surface area contributed by atoms with Gasteiger partial charge in [-0.2, -0.15) is 11.3 Å². The second-order valence-corrected chi connectivity index (χ2v) is 5.47. The zero-order valence-electron chi connectivity index (χ0n) is 10.6. The number of hydrogen-bond donors (Lipinski definition) is 1. The molecule has 3 nitrogen and oxygen atoms in total. The Bertz CT molecular complexity index is 526. The van der Waals surface area contributed by atoms with Gasteiger partial charge in [0.25, 0.3) is 0 Å². The summed E-state index contributed by atoms with van der Waals surface area (Å²) in [6, 6.07) is 3.86. The lowest BCUT2D eigenvalue weighted by Crippen LogP contribution is -2.08. The second kappa shape index (κ2) is 5.40. The number of carboxylic acids is 1. The number of carbonyl (C=O) groups is 1. The van der Waals surface area contributed by atoms with Crippen molar-refractivity contribution < 1.29 is 9.90 Å². The third-order valence-electron chi connectivity index (χ3n) is 3.02. The maximum Gasteiger partial charge on any atom is 0.352 e. The molecule has 0 bridgehead atoms. The molecule has 0 spiro atoms. The first kappa shape index (κ1) is 12.9. The highest BCUT2D eigenvalue weighted by Gasteiger charge is 2.13. The summed E-state index contributed by atoms with van der Waals surface area (Å²) < 4.78 is 1.84. The molecule has 0 aromatic carbocycles. The first-order valence-electron chi connectivity index (χ1n) is 6.02. The number of thiophene rings is 1. The van der Waals surface area contributed by atoms with E-state index >= 15 is 0 Å². The standard InChI is InChI=1S/C14H17NO2S/c1-10(2)12-7-13(14(16)17)15(8-12)5-3-11-4-6-18-9-11/h4,6-10H,3,5H2,1-2H3,(H,16,17). The highest BCUT2D eigenvalue weighted by molar-refractivity contribution is 7.07. The van der Waals surface area contributed by atoms with Crippen LogP contribution < -0.4 is 0 Å². The average molecular weight is 263 g/mol. The summed E-state index contributed by atoms with van der Waals surface area (Å²) >= 11 is 1.67. The Hall–Kier alpha value is -1.55. The van der Waals surface area contributed by atoms with Gasteiger partial charge in [0.2, 0.25) is 0 Å². The molecule has 0 saturated heterocycles. The van der Waals surface area contributed by atoms with Gasteiger partial charge in [-0.3, -0.25) is 0 Å². The number of hydrogen-bond acceptors (Lipinski definition) is 2.